The van der Waals surface area contributed by atoms with Crippen molar-refractivity contribution in [2.75, 3.05) is 44.2 Å². The largest absolute Gasteiger partial charge is 0.355 e. The summed E-state index contributed by atoms with van der Waals surface area (Å²) < 4.78 is 26.7. The van der Waals surface area contributed by atoms with Crippen LogP contribution in [0.25, 0.3) is 0 Å². The Kier molecular flexibility index (Phi) is 7.51. The van der Waals surface area contributed by atoms with Crippen molar-refractivity contribution in [2.24, 2.45) is 0 Å². The second-order valence-electron chi connectivity index (χ2n) is 7.18. The highest BCUT2D eigenvalue weighted by Crippen LogP contribution is 2.20. The lowest BCUT2D eigenvalue weighted by molar-refractivity contribution is 0.285. The van der Waals surface area contributed by atoms with E-state index in [4.69, 9.17) is 11.6 Å². The summed E-state index contributed by atoms with van der Waals surface area (Å²) in [5, 5.41) is 0.758. The topological polar surface area (TPSA) is 56.8 Å². The molecule has 0 unspecified atom stereocenters. The molecule has 29 heavy (non-hydrogen) atoms. The zero-order valence-corrected chi connectivity index (χ0v) is 18.7. The SMILES string of the molecule is CCN(CC)S(=O)(=O)c1ccc(N2CCCN(Cc3ccc(Cl)cc3)CC2)nc1. The van der Waals surface area contributed by atoms with Crippen LogP contribution in [0.4, 0.5) is 5.82 Å². The minimum atomic E-state index is -3.47. The molecule has 0 bridgehead atoms. The summed E-state index contributed by atoms with van der Waals surface area (Å²) in [5.74, 6) is 0.830. The van der Waals surface area contributed by atoms with Crippen molar-refractivity contribution in [1.29, 1.82) is 0 Å². The fourth-order valence-electron chi connectivity index (χ4n) is 3.63. The van der Waals surface area contributed by atoms with Crippen molar-refractivity contribution in [1.82, 2.24) is 14.2 Å². The van der Waals surface area contributed by atoms with Gasteiger partial charge in [-0.3, -0.25) is 4.90 Å². The van der Waals surface area contributed by atoms with Crippen molar-refractivity contribution in [3.8, 4) is 0 Å². The van der Waals surface area contributed by atoms with E-state index in [1.807, 2.05) is 32.0 Å². The molecule has 1 aliphatic heterocycles. The van der Waals surface area contributed by atoms with Crippen LogP contribution >= 0.6 is 11.6 Å². The lowest BCUT2D eigenvalue weighted by Crippen LogP contribution is -2.32. The molecule has 0 saturated carbocycles. The fourth-order valence-corrected chi connectivity index (χ4v) is 5.16. The minimum absolute atomic E-state index is 0.254. The summed E-state index contributed by atoms with van der Waals surface area (Å²) in [6.07, 6.45) is 2.52. The summed E-state index contributed by atoms with van der Waals surface area (Å²) >= 11 is 5.97. The number of anilines is 1. The standard InChI is InChI=1S/C21H29ClN4O2S/c1-3-26(4-2)29(27,28)20-10-11-21(23-16-20)25-13-5-12-24(14-15-25)17-18-6-8-19(22)9-7-18/h6-11,16H,3-5,12-15,17H2,1-2H3. The highest BCUT2D eigenvalue weighted by Gasteiger charge is 2.23. The fraction of sp³-hybridized carbons (Fsp3) is 0.476. The molecule has 6 nitrogen and oxygen atoms in total. The minimum Gasteiger partial charge on any atom is -0.355 e. The summed E-state index contributed by atoms with van der Waals surface area (Å²) in [7, 11) is -3.47. The van der Waals surface area contributed by atoms with Gasteiger partial charge in [0.25, 0.3) is 0 Å². The molecular weight excluding hydrogens is 408 g/mol. The number of pyridine rings is 1. The Hall–Kier alpha value is -1.67. The van der Waals surface area contributed by atoms with Crippen molar-refractivity contribution in [3.63, 3.8) is 0 Å². The van der Waals surface area contributed by atoms with Gasteiger partial charge in [-0.05, 0) is 36.2 Å². The molecule has 2 heterocycles. The molecule has 3 rings (SSSR count). The zero-order valence-electron chi connectivity index (χ0n) is 17.1. The highest BCUT2D eigenvalue weighted by molar-refractivity contribution is 7.89. The molecule has 0 spiro atoms. The molecule has 0 aliphatic carbocycles. The maximum Gasteiger partial charge on any atom is 0.244 e. The van der Waals surface area contributed by atoms with Gasteiger partial charge >= 0.3 is 0 Å². The van der Waals surface area contributed by atoms with Gasteiger partial charge in [0.05, 0.1) is 0 Å². The first kappa shape index (κ1) is 22.0. The number of benzene rings is 1. The van der Waals surface area contributed by atoms with Gasteiger partial charge in [-0.15, -0.1) is 0 Å². The van der Waals surface area contributed by atoms with Crippen LogP contribution in [-0.4, -0.2) is 61.9 Å². The third kappa shape index (κ3) is 5.48. The van der Waals surface area contributed by atoms with Gasteiger partial charge in [0.1, 0.15) is 10.7 Å². The molecule has 1 fully saturated rings. The molecule has 0 radical (unpaired) electrons. The van der Waals surface area contributed by atoms with Crippen molar-refractivity contribution in [3.05, 3.63) is 53.2 Å². The molecule has 0 N–H and O–H groups in total. The molecule has 0 amide bonds. The van der Waals surface area contributed by atoms with E-state index < -0.39 is 10.0 Å². The summed E-state index contributed by atoms with van der Waals surface area (Å²) in [6.45, 7) is 9.23. The Bertz CT molecular complexity index is 884. The summed E-state index contributed by atoms with van der Waals surface area (Å²) in [6, 6.07) is 11.5. The first-order valence-electron chi connectivity index (χ1n) is 10.1. The van der Waals surface area contributed by atoms with E-state index in [1.54, 1.807) is 6.07 Å². The first-order chi connectivity index (χ1) is 13.9. The second-order valence-corrected chi connectivity index (χ2v) is 9.56. The van der Waals surface area contributed by atoms with Gasteiger partial charge in [0.2, 0.25) is 10.0 Å². The van der Waals surface area contributed by atoms with Crippen LogP contribution in [0.2, 0.25) is 5.02 Å². The normalized spacial score (nSPS) is 16.2. The molecule has 1 aromatic carbocycles. The summed E-state index contributed by atoms with van der Waals surface area (Å²) in [5.41, 5.74) is 1.26. The van der Waals surface area contributed by atoms with E-state index in [9.17, 15) is 8.42 Å². The zero-order chi connectivity index (χ0) is 20.9. The molecule has 158 valence electrons. The van der Waals surface area contributed by atoms with Crippen molar-refractivity contribution in [2.45, 2.75) is 31.7 Å². The van der Waals surface area contributed by atoms with Gasteiger partial charge in [-0.1, -0.05) is 37.6 Å². The maximum atomic E-state index is 12.6. The first-order valence-corrected chi connectivity index (χ1v) is 11.9. The van der Waals surface area contributed by atoms with Crippen LogP contribution in [0.15, 0.2) is 47.5 Å². The quantitative estimate of drug-likeness (QED) is 0.665. The van der Waals surface area contributed by atoms with Crippen LogP contribution in [-0.2, 0) is 16.6 Å². The van der Waals surface area contributed by atoms with Gasteiger partial charge in [0.15, 0.2) is 0 Å². The number of aromatic nitrogens is 1. The molecule has 0 atom stereocenters. The third-order valence-electron chi connectivity index (χ3n) is 5.30. The number of sulfonamides is 1. The Balaban J connectivity index is 1.63. The van der Waals surface area contributed by atoms with Crippen molar-refractivity contribution < 1.29 is 8.42 Å². The Labute approximate surface area is 179 Å². The van der Waals surface area contributed by atoms with Crippen LogP contribution in [0.3, 0.4) is 0 Å². The van der Waals surface area contributed by atoms with Gasteiger partial charge < -0.3 is 4.90 Å². The maximum absolute atomic E-state index is 12.6. The van der Waals surface area contributed by atoms with E-state index in [-0.39, 0.29) is 4.90 Å². The Morgan fingerprint density at radius 3 is 2.34 bits per heavy atom. The molecule has 1 aromatic heterocycles. The number of nitrogens with zero attached hydrogens (tertiary/aromatic N) is 4. The van der Waals surface area contributed by atoms with E-state index in [0.717, 1.165) is 50.0 Å². The van der Waals surface area contributed by atoms with Crippen molar-refractivity contribution >= 4 is 27.4 Å². The molecule has 2 aromatic rings. The molecule has 1 saturated heterocycles. The van der Waals surface area contributed by atoms with E-state index >= 15 is 0 Å². The van der Waals surface area contributed by atoms with E-state index in [1.165, 1.54) is 16.1 Å². The average molecular weight is 437 g/mol. The van der Waals surface area contributed by atoms with Crippen LogP contribution in [0.5, 0.6) is 0 Å². The second kappa shape index (κ2) is 9.89. The number of hydrogen-bond acceptors (Lipinski definition) is 5. The lowest BCUT2D eigenvalue weighted by atomic mass is 10.2. The highest BCUT2D eigenvalue weighted by atomic mass is 35.5. The predicted octanol–water partition coefficient (Wildman–Crippen LogP) is 3.48. The van der Waals surface area contributed by atoms with E-state index in [2.05, 4.69) is 26.9 Å². The van der Waals surface area contributed by atoms with Gasteiger partial charge in [0, 0.05) is 57.0 Å². The molecular formula is C21H29ClN4O2S. The molecule has 8 heteroatoms. The number of halogens is 1. The van der Waals surface area contributed by atoms with Gasteiger partial charge in [-0.2, -0.15) is 4.31 Å². The lowest BCUT2D eigenvalue weighted by Gasteiger charge is -2.23. The number of rotatable bonds is 7. The van der Waals surface area contributed by atoms with Crippen LogP contribution in [0, 0.1) is 0 Å². The van der Waals surface area contributed by atoms with E-state index in [0.29, 0.717) is 13.1 Å². The summed E-state index contributed by atoms with van der Waals surface area (Å²) in [4.78, 5) is 9.39. The third-order valence-corrected chi connectivity index (χ3v) is 7.58. The molecule has 1 aliphatic rings. The van der Waals surface area contributed by atoms with Crippen LogP contribution < -0.4 is 4.90 Å². The monoisotopic (exact) mass is 436 g/mol. The average Bonchev–Trinajstić information content (AvgIpc) is 2.96. The smallest absolute Gasteiger partial charge is 0.244 e. The number of hydrogen-bond donors (Lipinski definition) is 0. The van der Waals surface area contributed by atoms with Gasteiger partial charge in [-0.25, -0.2) is 13.4 Å². The Morgan fingerprint density at radius 1 is 1.00 bits per heavy atom. The predicted molar refractivity (Wildman–Crippen MR) is 118 cm³/mol. The van der Waals surface area contributed by atoms with Crippen LogP contribution in [0.1, 0.15) is 25.8 Å². The Morgan fingerprint density at radius 2 is 1.72 bits per heavy atom.